The molecule has 1 rings (SSSR count). The third kappa shape index (κ3) is 7.51. The van der Waals surface area contributed by atoms with Crippen LogP contribution in [0.2, 0.25) is 0 Å². The van der Waals surface area contributed by atoms with E-state index in [0.717, 1.165) is 18.0 Å². The van der Waals surface area contributed by atoms with Crippen LogP contribution in [0.3, 0.4) is 0 Å². The molecule has 0 heterocycles. The van der Waals surface area contributed by atoms with Crippen LogP contribution >= 0.6 is 7.92 Å². The number of hydrogen-bond donors (Lipinski definition) is 0. The molecule has 0 amide bonds. The van der Waals surface area contributed by atoms with E-state index in [0.29, 0.717) is 13.2 Å². The highest BCUT2D eigenvalue weighted by atomic mass is 31.1. The predicted molar refractivity (Wildman–Crippen MR) is 76.8 cm³/mol. The fraction of sp³-hybridized carbons (Fsp3) is 0.857. The molecule has 0 unspecified atom stereocenters. The molecule has 0 atom stereocenters. The molecular formula is C14H25O4P. The Morgan fingerprint density at radius 2 is 1.42 bits per heavy atom. The largest absolute Gasteiger partial charge is 0.466 e. The van der Waals surface area contributed by atoms with Gasteiger partial charge in [-0.3, -0.25) is 9.59 Å². The van der Waals surface area contributed by atoms with Crippen molar-refractivity contribution in [3.8, 4) is 0 Å². The summed E-state index contributed by atoms with van der Waals surface area (Å²) in [6, 6.07) is 0. The lowest BCUT2D eigenvalue weighted by Gasteiger charge is -2.30. The van der Waals surface area contributed by atoms with Crippen molar-refractivity contribution in [1.29, 1.82) is 0 Å². The molecule has 1 aliphatic carbocycles. The molecule has 0 radical (unpaired) electrons. The second-order valence-electron chi connectivity index (χ2n) is 5.01. The summed E-state index contributed by atoms with van der Waals surface area (Å²) in [7, 11) is -0.195. The monoisotopic (exact) mass is 288 g/mol. The molecule has 0 saturated heterocycles. The third-order valence-electron chi connectivity index (χ3n) is 3.46. The van der Waals surface area contributed by atoms with E-state index < -0.39 is 0 Å². The molecule has 0 bridgehead atoms. The molecule has 1 saturated carbocycles. The molecule has 0 N–H and O–H groups in total. The van der Waals surface area contributed by atoms with Crippen molar-refractivity contribution >= 4 is 19.9 Å². The lowest BCUT2D eigenvalue weighted by atomic mass is 10.0. The number of hydrogen-bond acceptors (Lipinski definition) is 4. The zero-order chi connectivity index (χ0) is 14.1. The molecule has 0 aromatic carbocycles. The van der Waals surface area contributed by atoms with Gasteiger partial charge in [0.05, 0.1) is 13.2 Å². The van der Waals surface area contributed by atoms with E-state index >= 15 is 0 Å². The Kier molecular flexibility index (Phi) is 8.04. The Labute approximate surface area is 117 Å². The van der Waals surface area contributed by atoms with Crippen LogP contribution in [0.15, 0.2) is 0 Å². The van der Waals surface area contributed by atoms with Gasteiger partial charge in [0.25, 0.3) is 0 Å². The van der Waals surface area contributed by atoms with Crippen molar-refractivity contribution < 1.29 is 19.1 Å². The first-order valence-electron chi connectivity index (χ1n) is 7.10. The van der Waals surface area contributed by atoms with Gasteiger partial charge >= 0.3 is 11.9 Å². The van der Waals surface area contributed by atoms with Gasteiger partial charge in [-0.15, -0.1) is 0 Å². The van der Waals surface area contributed by atoms with Crippen molar-refractivity contribution in [1.82, 2.24) is 0 Å². The average Bonchev–Trinajstić information content (AvgIpc) is 2.37. The maximum absolute atomic E-state index is 10.8. The topological polar surface area (TPSA) is 52.6 Å². The first-order valence-corrected chi connectivity index (χ1v) is 8.88. The van der Waals surface area contributed by atoms with Crippen LogP contribution < -0.4 is 0 Å². The van der Waals surface area contributed by atoms with Gasteiger partial charge in [-0.2, -0.15) is 0 Å². The van der Waals surface area contributed by atoms with Crippen molar-refractivity contribution in [2.24, 2.45) is 0 Å². The fourth-order valence-corrected chi connectivity index (χ4v) is 5.24. The average molecular weight is 288 g/mol. The lowest BCUT2D eigenvalue weighted by Crippen LogP contribution is -2.18. The minimum Gasteiger partial charge on any atom is -0.466 e. The third-order valence-corrected chi connectivity index (χ3v) is 6.52. The lowest BCUT2D eigenvalue weighted by molar-refractivity contribution is -0.141. The van der Waals surface area contributed by atoms with Gasteiger partial charge in [0.1, 0.15) is 0 Å². The molecular weight excluding hydrogens is 263 g/mol. The Morgan fingerprint density at radius 3 is 1.84 bits per heavy atom. The summed E-state index contributed by atoms with van der Waals surface area (Å²) < 4.78 is 10.1. The highest BCUT2D eigenvalue weighted by Crippen LogP contribution is 2.47. The Balaban J connectivity index is 2.36. The van der Waals surface area contributed by atoms with Gasteiger partial charge in [0.2, 0.25) is 0 Å². The summed E-state index contributed by atoms with van der Waals surface area (Å²) in [4.78, 5) is 21.6. The SMILES string of the molecule is CC(=O)OCCP(CCOC(C)=O)C1CCCCC1. The predicted octanol–water partition coefficient (Wildman–Crippen LogP) is 2.93. The molecule has 5 heteroatoms. The summed E-state index contributed by atoms with van der Waals surface area (Å²) in [5.41, 5.74) is 0.759. The van der Waals surface area contributed by atoms with Gasteiger partial charge in [0.15, 0.2) is 0 Å². The van der Waals surface area contributed by atoms with Crippen LogP contribution in [-0.4, -0.2) is 43.1 Å². The second kappa shape index (κ2) is 9.30. The van der Waals surface area contributed by atoms with Crippen LogP contribution in [0, 0.1) is 0 Å². The Morgan fingerprint density at radius 1 is 0.947 bits per heavy atom. The quantitative estimate of drug-likeness (QED) is 0.534. The minimum absolute atomic E-state index is 0.195. The van der Waals surface area contributed by atoms with Gasteiger partial charge < -0.3 is 9.47 Å². The maximum atomic E-state index is 10.8. The molecule has 0 aromatic heterocycles. The summed E-state index contributed by atoms with van der Waals surface area (Å²) in [5, 5.41) is 0. The summed E-state index contributed by atoms with van der Waals surface area (Å²) >= 11 is 0. The zero-order valence-corrected chi connectivity index (χ0v) is 12.9. The van der Waals surface area contributed by atoms with Crippen molar-refractivity contribution in [3.63, 3.8) is 0 Å². The van der Waals surface area contributed by atoms with E-state index in [1.807, 2.05) is 0 Å². The Bertz CT molecular complexity index is 267. The normalized spacial score (nSPS) is 16.4. The summed E-state index contributed by atoms with van der Waals surface area (Å²) in [5.74, 6) is -0.419. The van der Waals surface area contributed by atoms with Crippen LogP contribution in [0.5, 0.6) is 0 Å². The number of carbonyl (C=O) groups is 2. The van der Waals surface area contributed by atoms with Gasteiger partial charge in [-0.25, -0.2) is 0 Å². The van der Waals surface area contributed by atoms with Crippen LogP contribution in [0.25, 0.3) is 0 Å². The van der Waals surface area contributed by atoms with Gasteiger partial charge in [-0.05, 0) is 18.5 Å². The molecule has 0 aromatic rings. The van der Waals surface area contributed by atoms with Gasteiger partial charge in [0, 0.05) is 26.2 Å². The molecule has 4 nitrogen and oxygen atoms in total. The van der Waals surface area contributed by atoms with Crippen molar-refractivity contribution in [3.05, 3.63) is 0 Å². The molecule has 1 aliphatic rings. The second-order valence-corrected chi connectivity index (χ2v) is 7.81. The highest BCUT2D eigenvalue weighted by molar-refractivity contribution is 7.58. The van der Waals surface area contributed by atoms with E-state index in [1.165, 1.54) is 46.0 Å². The molecule has 110 valence electrons. The highest BCUT2D eigenvalue weighted by Gasteiger charge is 2.23. The van der Waals surface area contributed by atoms with Gasteiger partial charge in [-0.1, -0.05) is 27.2 Å². The van der Waals surface area contributed by atoms with E-state index in [9.17, 15) is 9.59 Å². The van der Waals surface area contributed by atoms with E-state index in [4.69, 9.17) is 9.47 Å². The molecule has 1 fully saturated rings. The van der Waals surface area contributed by atoms with E-state index in [-0.39, 0.29) is 19.9 Å². The number of esters is 2. The number of rotatable bonds is 7. The zero-order valence-electron chi connectivity index (χ0n) is 12.0. The van der Waals surface area contributed by atoms with Crippen molar-refractivity contribution in [2.75, 3.05) is 25.5 Å². The van der Waals surface area contributed by atoms with E-state index in [2.05, 4.69) is 0 Å². The fourth-order valence-electron chi connectivity index (χ4n) is 2.54. The summed E-state index contributed by atoms with van der Waals surface area (Å²) in [6.07, 6.45) is 8.42. The Hall–Kier alpha value is -0.630. The minimum atomic E-state index is -0.210. The molecule has 19 heavy (non-hydrogen) atoms. The smallest absolute Gasteiger partial charge is 0.302 e. The maximum Gasteiger partial charge on any atom is 0.302 e. The van der Waals surface area contributed by atoms with Crippen LogP contribution in [0.1, 0.15) is 46.0 Å². The first-order chi connectivity index (χ1) is 9.09. The number of ether oxygens (including phenoxy) is 2. The van der Waals surface area contributed by atoms with Crippen LogP contribution in [0.4, 0.5) is 0 Å². The standard InChI is InChI=1S/C14H25O4P/c1-12(15)17-8-10-19(11-9-18-13(2)16)14-6-4-3-5-7-14/h14H,3-11H2,1-2H3. The first kappa shape index (κ1) is 16.4. The van der Waals surface area contributed by atoms with Crippen molar-refractivity contribution in [2.45, 2.75) is 51.6 Å². The van der Waals surface area contributed by atoms with E-state index in [1.54, 1.807) is 0 Å². The van der Waals surface area contributed by atoms with Crippen LogP contribution in [-0.2, 0) is 19.1 Å². The summed E-state index contributed by atoms with van der Waals surface area (Å²) in [6.45, 7) is 3.92. The molecule has 0 spiro atoms. The number of carbonyl (C=O) groups excluding carboxylic acids is 2. The molecule has 0 aliphatic heterocycles.